The van der Waals surface area contributed by atoms with Crippen molar-refractivity contribution in [1.82, 2.24) is 0 Å². The van der Waals surface area contributed by atoms with Crippen LogP contribution in [0.1, 0.15) is 20.8 Å². The molecule has 0 spiro atoms. The standard InChI is InChI=1S/C16H16N2O4S2/c1-9-5-4-6-10(2)12(9)17-16(20)15-13(19)14-11(7-8-23-14)18(3)24(15,21)22/h4-8,15H,1-3H3,(H,17,20). The number of amides is 1. The predicted molar refractivity (Wildman–Crippen MR) is 94.3 cm³/mol. The van der Waals surface area contributed by atoms with Gasteiger partial charge in [-0.3, -0.25) is 13.9 Å². The minimum absolute atomic E-state index is 0.286. The van der Waals surface area contributed by atoms with E-state index in [2.05, 4.69) is 5.32 Å². The van der Waals surface area contributed by atoms with Gasteiger partial charge in [0.1, 0.15) is 0 Å². The Morgan fingerprint density at radius 1 is 1.21 bits per heavy atom. The second-order valence-corrected chi connectivity index (χ2v) is 8.61. The van der Waals surface area contributed by atoms with Crippen LogP contribution in [-0.4, -0.2) is 32.4 Å². The Morgan fingerprint density at radius 3 is 2.46 bits per heavy atom. The molecule has 2 heterocycles. The molecule has 1 aliphatic rings. The van der Waals surface area contributed by atoms with Crippen LogP contribution in [0.5, 0.6) is 0 Å². The Labute approximate surface area is 144 Å². The number of anilines is 2. The normalized spacial score (nSPS) is 19.0. The molecule has 0 saturated carbocycles. The molecule has 0 bridgehead atoms. The highest BCUT2D eigenvalue weighted by molar-refractivity contribution is 7.95. The van der Waals surface area contributed by atoms with Gasteiger partial charge in [-0.05, 0) is 36.4 Å². The van der Waals surface area contributed by atoms with Gasteiger partial charge in [0.25, 0.3) is 15.9 Å². The molecule has 1 atom stereocenters. The third-order valence-corrected chi connectivity index (χ3v) is 6.99. The molecule has 126 valence electrons. The highest BCUT2D eigenvalue weighted by atomic mass is 32.2. The first kappa shape index (κ1) is 16.7. The fourth-order valence-corrected chi connectivity index (χ4v) is 5.22. The number of ketones is 1. The van der Waals surface area contributed by atoms with Crippen LogP contribution < -0.4 is 9.62 Å². The van der Waals surface area contributed by atoms with Gasteiger partial charge < -0.3 is 5.32 Å². The second kappa shape index (κ2) is 5.71. The lowest BCUT2D eigenvalue weighted by molar-refractivity contribution is -0.115. The highest BCUT2D eigenvalue weighted by Crippen LogP contribution is 2.36. The molecule has 1 aromatic heterocycles. The average molecular weight is 364 g/mol. The van der Waals surface area contributed by atoms with Gasteiger partial charge in [-0.1, -0.05) is 18.2 Å². The summed E-state index contributed by atoms with van der Waals surface area (Å²) in [6, 6.07) is 7.02. The molecule has 1 N–H and O–H groups in total. The van der Waals surface area contributed by atoms with E-state index in [1.807, 2.05) is 32.0 Å². The SMILES string of the molecule is Cc1cccc(C)c1NC(=O)C1C(=O)c2sccc2N(C)S1(=O)=O. The summed E-state index contributed by atoms with van der Waals surface area (Å²) >= 11 is 1.14. The van der Waals surface area contributed by atoms with Gasteiger partial charge in [-0.2, -0.15) is 0 Å². The largest absolute Gasteiger partial charge is 0.324 e. The van der Waals surface area contributed by atoms with E-state index in [0.29, 0.717) is 11.4 Å². The lowest BCUT2D eigenvalue weighted by Crippen LogP contribution is -2.51. The average Bonchev–Trinajstić information content (AvgIpc) is 2.99. The molecular weight excluding hydrogens is 348 g/mol. The van der Waals surface area contributed by atoms with Gasteiger partial charge in [0.05, 0.1) is 10.6 Å². The summed E-state index contributed by atoms with van der Waals surface area (Å²) in [7, 11) is -2.75. The fraction of sp³-hybridized carbons (Fsp3) is 0.250. The molecule has 0 saturated heterocycles. The number of carbonyl (C=O) groups excluding carboxylic acids is 2. The zero-order chi connectivity index (χ0) is 17.6. The van der Waals surface area contributed by atoms with Crippen LogP contribution in [-0.2, 0) is 14.8 Å². The number of rotatable bonds is 2. The van der Waals surface area contributed by atoms with Crippen molar-refractivity contribution in [2.75, 3.05) is 16.7 Å². The van der Waals surface area contributed by atoms with Gasteiger partial charge in [-0.15, -0.1) is 11.3 Å². The summed E-state index contributed by atoms with van der Waals surface area (Å²) in [5.74, 6) is -1.51. The summed E-state index contributed by atoms with van der Waals surface area (Å²) in [4.78, 5) is 25.5. The molecular formula is C16H16N2O4S2. The molecule has 24 heavy (non-hydrogen) atoms. The minimum atomic E-state index is -4.10. The maximum Gasteiger partial charge on any atom is 0.254 e. The van der Waals surface area contributed by atoms with E-state index in [9.17, 15) is 18.0 Å². The van der Waals surface area contributed by atoms with Crippen molar-refractivity contribution < 1.29 is 18.0 Å². The topological polar surface area (TPSA) is 83.6 Å². The number of benzene rings is 1. The van der Waals surface area contributed by atoms with Crippen LogP contribution >= 0.6 is 11.3 Å². The Balaban J connectivity index is 2.02. The van der Waals surface area contributed by atoms with E-state index >= 15 is 0 Å². The first-order valence-electron chi connectivity index (χ1n) is 7.21. The van der Waals surface area contributed by atoms with Crippen molar-refractivity contribution in [3.05, 3.63) is 45.6 Å². The number of hydrogen-bond donors (Lipinski definition) is 1. The van der Waals surface area contributed by atoms with E-state index < -0.39 is 27.0 Å². The quantitative estimate of drug-likeness (QED) is 0.829. The maximum atomic E-state index is 12.6. The van der Waals surface area contributed by atoms with Crippen LogP contribution in [0.4, 0.5) is 11.4 Å². The number of nitrogens with one attached hydrogen (secondary N) is 1. The summed E-state index contributed by atoms with van der Waals surface area (Å²) in [5, 5.41) is 2.49. The van der Waals surface area contributed by atoms with Crippen molar-refractivity contribution in [3.63, 3.8) is 0 Å². The minimum Gasteiger partial charge on any atom is -0.324 e. The fourth-order valence-electron chi connectivity index (χ4n) is 2.74. The van der Waals surface area contributed by atoms with E-state index in [-0.39, 0.29) is 4.88 Å². The molecule has 0 aliphatic carbocycles. The zero-order valence-corrected chi connectivity index (χ0v) is 15.0. The molecule has 1 unspecified atom stereocenters. The monoisotopic (exact) mass is 364 g/mol. The van der Waals surface area contributed by atoms with Gasteiger partial charge >= 0.3 is 0 Å². The molecule has 0 radical (unpaired) electrons. The summed E-state index contributed by atoms with van der Waals surface area (Å²) < 4.78 is 26.3. The van der Waals surface area contributed by atoms with E-state index in [4.69, 9.17) is 0 Å². The first-order valence-corrected chi connectivity index (χ1v) is 9.60. The third kappa shape index (κ3) is 2.42. The maximum absolute atomic E-state index is 12.6. The number of thiophene rings is 1. The Hall–Kier alpha value is -2.19. The number of Topliss-reactive ketones (excluding diaryl/α,β-unsaturated/α-hetero) is 1. The molecule has 1 amide bonds. The van der Waals surface area contributed by atoms with Crippen molar-refractivity contribution in [3.8, 4) is 0 Å². The molecule has 0 fully saturated rings. The van der Waals surface area contributed by atoms with Crippen LogP contribution in [0.25, 0.3) is 0 Å². The van der Waals surface area contributed by atoms with Gasteiger partial charge in [0, 0.05) is 12.7 Å². The Morgan fingerprint density at radius 2 is 1.83 bits per heavy atom. The van der Waals surface area contributed by atoms with E-state index in [1.165, 1.54) is 7.05 Å². The summed E-state index contributed by atoms with van der Waals surface area (Å²) in [6.45, 7) is 3.62. The molecule has 3 rings (SSSR count). The summed E-state index contributed by atoms with van der Waals surface area (Å²) in [5.41, 5.74) is 2.45. The third-order valence-electron chi connectivity index (χ3n) is 4.09. The van der Waals surface area contributed by atoms with E-state index in [0.717, 1.165) is 26.8 Å². The number of hydrogen-bond acceptors (Lipinski definition) is 5. The number of aryl methyl sites for hydroxylation is 2. The van der Waals surface area contributed by atoms with Crippen LogP contribution in [0, 0.1) is 13.8 Å². The number of fused-ring (bicyclic) bond motifs is 1. The first-order chi connectivity index (χ1) is 11.2. The number of para-hydroxylation sites is 1. The van der Waals surface area contributed by atoms with Crippen LogP contribution in [0.3, 0.4) is 0 Å². The van der Waals surface area contributed by atoms with Gasteiger partial charge in [0.15, 0.2) is 0 Å². The Bertz CT molecular complexity index is 926. The molecule has 2 aromatic rings. The Kier molecular flexibility index (Phi) is 3.97. The molecule has 6 nitrogen and oxygen atoms in total. The second-order valence-electron chi connectivity index (χ2n) is 5.65. The molecule has 1 aliphatic heterocycles. The van der Waals surface area contributed by atoms with Gasteiger partial charge in [0.2, 0.25) is 11.0 Å². The summed E-state index contributed by atoms with van der Waals surface area (Å²) in [6.07, 6.45) is 0. The zero-order valence-electron chi connectivity index (χ0n) is 13.4. The van der Waals surface area contributed by atoms with E-state index in [1.54, 1.807) is 11.4 Å². The van der Waals surface area contributed by atoms with Crippen LogP contribution in [0.15, 0.2) is 29.6 Å². The number of sulfonamides is 1. The predicted octanol–water partition coefficient (Wildman–Crippen LogP) is 2.33. The van der Waals surface area contributed by atoms with Crippen molar-refractivity contribution >= 4 is 44.4 Å². The molecule has 8 heteroatoms. The number of nitrogens with zero attached hydrogens (tertiary/aromatic N) is 1. The van der Waals surface area contributed by atoms with Crippen molar-refractivity contribution in [1.29, 1.82) is 0 Å². The molecule has 1 aromatic carbocycles. The lowest BCUT2D eigenvalue weighted by Gasteiger charge is -2.29. The van der Waals surface area contributed by atoms with Crippen molar-refractivity contribution in [2.24, 2.45) is 0 Å². The number of carbonyl (C=O) groups is 2. The van der Waals surface area contributed by atoms with Crippen LogP contribution in [0.2, 0.25) is 0 Å². The smallest absolute Gasteiger partial charge is 0.254 e. The lowest BCUT2D eigenvalue weighted by atomic mass is 10.1. The van der Waals surface area contributed by atoms with Gasteiger partial charge in [-0.25, -0.2) is 8.42 Å². The highest BCUT2D eigenvalue weighted by Gasteiger charge is 2.48. The van der Waals surface area contributed by atoms with Crippen molar-refractivity contribution in [2.45, 2.75) is 19.1 Å².